The summed E-state index contributed by atoms with van der Waals surface area (Å²) in [6, 6.07) is -0.278. The fourth-order valence-corrected chi connectivity index (χ4v) is 3.54. The average Bonchev–Trinajstić information content (AvgIpc) is 2.69. The van der Waals surface area contributed by atoms with E-state index in [1.54, 1.807) is 0 Å². The molecule has 0 aromatic carbocycles. The Labute approximate surface area is 92.8 Å². The molecule has 1 fully saturated rings. The van der Waals surface area contributed by atoms with E-state index in [0.717, 1.165) is 5.17 Å². The number of fused-ring (bicyclic) bond motifs is 1. The number of nitrogens with zero attached hydrogens (tertiary/aromatic N) is 2. The van der Waals surface area contributed by atoms with E-state index in [9.17, 15) is 15.3 Å². The highest BCUT2D eigenvalue weighted by Crippen LogP contribution is 2.42. The van der Waals surface area contributed by atoms with E-state index in [1.165, 1.54) is 11.8 Å². The molecular formula is C9H16N2O3S. The molecule has 5 nitrogen and oxygen atoms in total. The number of hydrogen-bond donors (Lipinski definition) is 3. The Morgan fingerprint density at radius 3 is 2.53 bits per heavy atom. The topological polar surface area (TPSA) is 76.3 Å². The van der Waals surface area contributed by atoms with Crippen LogP contribution in [0.25, 0.3) is 0 Å². The van der Waals surface area contributed by atoms with Gasteiger partial charge in [0.05, 0.1) is 12.1 Å². The van der Waals surface area contributed by atoms with Crippen LogP contribution in [0.4, 0.5) is 0 Å². The second-order valence-electron chi connectivity index (χ2n) is 4.21. The first kappa shape index (κ1) is 11.2. The van der Waals surface area contributed by atoms with Crippen molar-refractivity contribution in [2.24, 2.45) is 10.9 Å². The van der Waals surface area contributed by atoms with Gasteiger partial charge in [-0.05, 0) is 0 Å². The monoisotopic (exact) mass is 232 g/mol. The van der Waals surface area contributed by atoms with Crippen molar-refractivity contribution in [2.45, 2.75) is 23.5 Å². The number of amidine groups is 1. The molecule has 0 saturated heterocycles. The maximum atomic E-state index is 9.77. The average molecular weight is 232 g/mol. The smallest absolute Gasteiger partial charge is 0.159 e. The molecule has 0 amide bonds. The molecule has 0 aromatic heterocycles. The largest absolute Gasteiger partial charge is 0.396 e. The number of hydrogen-bond acceptors (Lipinski definition) is 6. The highest BCUT2D eigenvalue weighted by molar-refractivity contribution is 8.14. The summed E-state index contributed by atoms with van der Waals surface area (Å²) < 4.78 is 0. The molecule has 6 heteroatoms. The zero-order chi connectivity index (χ0) is 11.2. The van der Waals surface area contributed by atoms with E-state index in [2.05, 4.69) is 4.99 Å². The summed E-state index contributed by atoms with van der Waals surface area (Å²) in [6.45, 7) is -0.109. The lowest BCUT2D eigenvalue weighted by atomic mass is 10.1. The van der Waals surface area contributed by atoms with E-state index in [0.29, 0.717) is 0 Å². The zero-order valence-electron chi connectivity index (χ0n) is 8.74. The Morgan fingerprint density at radius 1 is 1.33 bits per heavy atom. The maximum Gasteiger partial charge on any atom is 0.159 e. The summed E-state index contributed by atoms with van der Waals surface area (Å²) in [5.41, 5.74) is 0. The molecule has 1 heterocycles. The Morgan fingerprint density at radius 2 is 2.00 bits per heavy atom. The SMILES string of the molecule is CN(C)C1=N[C@@H]2[C@@H](O)[C@H](O)[C@@H](CO)[C@@H]2S1. The van der Waals surface area contributed by atoms with Gasteiger partial charge in [-0.25, -0.2) is 0 Å². The fourth-order valence-electron chi connectivity index (χ4n) is 2.12. The highest BCUT2D eigenvalue weighted by atomic mass is 32.2. The van der Waals surface area contributed by atoms with Gasteiger partial charge in [0, 0.05) is 31.9 Å². The van der Waals surface area contributed by atoms with Gasteiger partial charge in [-0.3, -0.25) is 4.99 Å². The van der Waals surface area contributed by atoms with Gasteiger partial charge in [-0.15, -0.1) is 0 Å². The normalized spacial score (nSPS) is 44.1. The minimum atomic E-state index is -0.857. The lowest BCUT2D eigenvalue weighted by Crippen LogP contribution is -2.32. The van der Waals surface area contributed by atoms with Crippen LogP contribution in [0, 0.1) is 5.92 Å². The van der Waals surface area contributed by atoms with E-state index in [-0.39, 0.29) is 23.8 Å². The first-order valence-corrected chi connectivity index (χ1v) is 5.83. The van der Waals surface area contributed by atoms with Crippen molar-refractivity contribution in [3.8, 4) is 0 Å². The van der Waals surface area contributed by atoms with Crippen molar-refractivity contribution in [3.05, 3.63) is 0 Å². The van der Waals surface area contributed by atoms with Crippen molar-refractivity contribution in [3.63, 3.8) is 0 Å². The lowest BCUT2D eigenvalue weighted by molar-refractivity contribution is 0.00324. The standard InChI is InChI=1S/C9H16N2O3S/c1-11(2)9-10-5-7(14)6(13)4(3-12)8(5)15-9/h4-8,12-14H,3H2,1-2H3/t4-,5-,6-,7-,8+/m1/s1. The highest BCUT2D eigenvalue weighted by Gasteiger charge is 2.53. The predicted molar refractivity (Wildman–Crippen MR) is 58.9 cm³/mol. The quantitative estimate of drug-likeness (QED) is 0.526. The molecule has 0 aromatic rings. The molecule has 86 valence electrons. The third kappa shape index (κ3) is 1.65. The minimum absolute atomic E-state index is 0.00241. The molecule has 1 aliphatic heterocycles. The number of thioether (sulfide) groups is 1. The summed E-state index contributed by atoms with van der Waals surface area (Å²) in [5, 5.41) is 29.5. The molecule has 0 unspecified atom stereocenters. The van der Waals surface area contributed by atoms with Crippen molar-refractivity contribution >= 4 is 16.9 Å². The second kappa shape index (κ2) is 3.93. The Kier molecular flexibility index (Phi) is 2.94. The van der Waals surface area contributed by atoms with Gasteiger partial charge in [0.2, 0.25) is 0 Å². The number of rotatable bonds is 1. The van der Waals surface area contributed by atoms with E-state index in [1.807, 2.05) is 19.0 Å². The molecule has 1 aliphatic carbocycles. The van der Waals surface area contributed by atoms with Crippen molar-refractivity contribution in [2.75, 3.05) is 20.7 Å². The first-order chi connectivity index (χ1) is 7.06. The predicted octanol–water partition coefficient (Wildman–Crippen LogP) is -1.27. The molecule has 5 atom stereocenters. The van der Waals surface area contributed by atoms with Gasteiger partial charge in [-0.1, -0.05) is 11.8 Å². The van der Waals surface area contributed by atoms with Crippen LogP contribution in [0.3, 0.4) is 0 Å². The molecule has 15 heavy (non-hydrogen) atoms. The Hall–Kier alpha value is -0.300. The van der Waals surface area contributed by atoms with Crippen molar-refractivity contribution in [1.82, 2.24) is 4.90 Å². The summed E-state index contributed by atoms with van der Waals surface area (Å²) in [4.78, 5) is 6.25. The van der Waals surface area contributed by atoms with Crippen LogP contribution in [0.15, 0.2) is 4.99 Å². The van der Waals surface area contributed by atoms with Crippen LogP contribution in [0.5, 0.6) is 0 Å². The van der Waals surface area contributed by atoms with E-state index >= 15 is 0 Å². The first-order valence-electron chi connectivity index (χ1n) is 4.95. The van der Waals surface area contributed by atoms with Crippen LogP contribution in [0.1, 0.15) is 0 Å². The van der Waals surface area contributed by atoms with Gasteiger partial charge < -0.3 is 20.2 Å². The minimum Gasteiger partial charge on any atom is -0.396 e. The summed E-state index contributed by atoms with van der Waals surface area (Å²) in [6.07, 6.45) is -1.71. The van der Waals surface area contributed by atoms with Gasteiger partial charge in [0.1, 0.15) is 6.10 Å². The molecule has 0 spiro atoms. The molecule has 0 radical (unpaired) electrons. The van der Waals surface area contributed by atoms with Gasteiger partial charge in [0.25, 0.3) is 0 Å². The molecule has 0 bridgehead atoms. The molecule has 3 N–H and O–H groups in total. The third-order valence-corrected chi connectivity index (χ3v) is 4.57. The van der Waals surface area contributed by atoms with Gasteiger partial charge in [0.15, 0.2) is 5.17 Å². The van der Waals surface area contributed by atoms with Gasteiger partial charge in [-0.2, -0.15) is 0 Å². The molecule has 2 aliphatic rings. The summed E-state index contributed by atoms with van der Waals surface area (Å²) in [7, 11) is 3.79. The number of aliphatic imine (C=N–C) groups is 1. The van der Waals surface area contributed by atoms with E-state index < -0.39 is 12.2 Å². The third-order valence-electron chi connectivity index (χ3n) is 2.99. The van der Waals surface area contributed by atoms with Crippen LogP contribution in [-0.2, 0) is 0 Å². The van der Waals surface area contributed by atoms with Gasteiger partial charge >= 0.3 is 0 Å². The molecule has 2 rings (SSSR count). The zero-order valence-corrected chi connectivity index (χ0v) is 9.55. The van der Waals surface area contributed by atoms with Crippen LogP contribution >= 0.6 is 11.8 Å². The Bertz CT molecular complexity index is 285. The van der Waals surface area contributed by atoms with Crippen LogP contribution in [0.2, 0.25) is 0 Å². The Balaban J connectivity index is 2.19. The van der Waals surface area contributed by atoms with Crippen molar-refractivity contribution in [1.29, 1.82) is 0 Å². The van der Waals surface area contributed by atoms with E-state index in [4.69, 9.17) is 0 Å². The number of aliphatic hydroxyl groups is 3. The summed E-state index contributed by atoms with van der Waals surface area (Å²) in [5.74, 6) is -0.281. The lowest BCUT2D eigenvalue weighted by Gasteiger charge is -2.19. The summed E-state index contributed by atoms with van der Waals surface area (Å²) >= 11 is 1.53. The molecule has 1 saturated carbocycles. The van der Waals surface area contributed by atoms with Crippen LogP contribution < -0.4 is 0 Å². The fraction of sp³-hybridized carbons (Fsp3) is 0.889. The van der Waals surface area contributed by atoms with Crippen LogP contribution in [-0.4, -0.2) is 69.6 Å². The molecular weight excluding hydrogens is 216 g/mol. The van der Waals surface area contributed by atoms with Crippen molar-refractivity contribution < 1.29 is 15.3 Å². The second-order valence-corrected chi connectivity index (χ2v) is 5.35. The number of aliphatic hydroxyl groups excluding tert-OH is 3. The maximum absolute atomic E-state index is 9.77.